The summed E-state index contributed by atoms with van der Waals surface area (Å²) in [6, 6.07) is 9.89. The third-order valence-electron chi connectivity index (χ3n) is 3.61. The Balaban J connectivity index is 1.77. The maximum Gasteiger partial charge on any atom is 0.191 e. The van der Waals surface area contributed by atoms with Gasteiger partial charge in [0, 0.05) is 6.54 Å². The van der Waals surface area contributed by atoms with Crippen molar-refractivity contribution in [1.82, 2.24) is 29.8 Å². The number of aliphatic hydroxyl groups is 1. The number of benzene rings is 1. The Kier molecular flexibility index (Phi) is 5.27. The fourth-order valence-corrected chi connectivity index (χ4v) is 3.32. The van der Waals surface area contributed by atoms with Gasteiger partial charge in [-0.05, 0) is 25.5 Å². The molecule has 2 aromatic heterocycles. The van der Waals surface area contributed by atoms with Crippen molar-refractivity contribution in [3.63, 3.8) is 0 Å². The standard InChI is InChI=1S/C16H20N6OS/c1-3-9-21-15(11-23)18-19-16(21)24-12(2)14-10-22(20-17-14)13-7-5-4-6-8-13/h4-8,10,12,23H,3,9,11H2,1-2H3. The van der Waals surface area contributed by atoms with E-state index in [2.05, 4.69) is 34.4 Å². The molecule has 7 nitrogen and oxygen atoms in total. The van der Waals surface area contributed by atoms with E-state index in [-0.39, 0.29) is 11.9 Å². The average molecular weight is 344 g/mol. The van der Waals surface area contributed by atoms with Gasteiger partial charge in [-0.25, -0.2) is 4.68 Å². The van der Waals surface area contributed by atoms with Crippen LogP contribution in [0.25, 0.3) is 5.69 Å². The summed E-state index contributed by atoms with van der Waals surface area (Å²) in [5, 5.41) is 27.0. The summed E-state index contributed by atoms with van der Waals surface area (Å²) >= 11 is 1.57. The van der Waals surface area contributed by atoms with E-state index in [0.29, 0.717) is 5.82 Å². The van der Waals surface area contributed by atoms with Gasteiger partial charge < -0.3 is 9.67 Å². The summed E-state index contributed by atoms with van der Waals surface area (Å²) in [5.74, 6) is 0.597. The maximum atomic E-state index is 9.38. The summed E-state index contributed by atoms with van der Waals surface area (Å²) < 4.78 is 3.73. The van der Waals surface area contributed by atoms with E-state index >= 15 is 0 Å². The van der Waals surface area contributed by atoms with Crippen LogP contribution in [0, 0.1) is 0 Å². The van der Waals surface area contributed by atoms with Crippen LogP contribution in [0.4, 0.5) is 0 Å². The van der Waals surface area contributed by atoms with Gasteiger partial charge in [-0.1, -0.05) is 42.1 Å². The molecule has 1 unspecified atom stereocenters. The van der Waals surface area contributed by atoms with Gasteiger partial charge in [-0.15, -0.1) is 15.3 Å². The number of rotatable bonds is 7. The van der Waals surface area contributed by atoms with Crippen LogP contribution in [0.3, 0.4) is 0 Å². The molecule has 126 valence electrons. The molecule has 3 rings (SSSR count). The number of hydrogen-bond acceptors (Lipinski definition) is 6. The zero-order valence-electron chi connectivity index (χ0n) is 13.7. The lowest BCUT2D eigenvalue weighted by atomic mass is 10.3. The first kappa shape index (κ1) is 16.7. The Morgan fingerprint density at radius 3 is 2.67 bits per heavy atom. The molecule has 1 atom stereocenters. The van der Waals surface area contributed by atoms with Crippen LogP contribution in [0.5, 0.6) is 0 Å². The monoisotopic (exact) mass is 344 g/mol. The quantitative estimate of drug-likeness (QED) is 0.664. The van der Waals surface area contributed by atoms with Gasteiger partial charge in [0.2, 0.25) is 0 Å². The highest BCUT2D eigenvalue weighted by Crippen LogP contribution is 2.33. The molecule has 8 heteroatoms. The highest BCUT2D eigenvalue weighted by atomic mass is 32.2. The van der Waals surface area contributed by atoms with Gasteiger partial charge in [0.25, 0.3) is 0 Å². The summed E-state index contributed by atoms with van der Waals surface area (Å²) in [6.07, 6.45) is 2.89. The van der Waals surface area contributed by atoms with Gasteiger partial charge in [-0.3, -0.25) is 0 Å². The molecule has 0 saturated carbocycles. The highest BCUT2D eigenvalue weighted by Gasteiger charge is 2.18. The molecule has 1 aromatic carbocycles. The lowest BCUT2D eigenvalue weighted by Crippen LogP contribution is -2.05. The van der Waals surface area contributed by atoms with Crippen molar-refractivity contribution in [2.24, 2.45) is 0 Å². The second kappa shape index (κ2) is 7.59. The molecule has 0 aliphatic rings. The van der Waals surface area contributed by atoms with Gasteiger partial charge in [0.1, 0.15) is 6.61 Å². The molecule has 0 amide bonds. The van der Waals surface area contributed by atoms with Crippen molar-refractivity contribution in [2.75, 3.05) is 0 Å². The Labute approximate surface area is 144 Å². The van der Waals surface area contributed by atoms with Gasteiger partial charge in [-0.2, -0.15) is 0 Å². The van der Waals surface area contributed by atoms with Crippen molar-refractivity contribution >= 4 is 11.8 Å². The SMILES string of the molecule is CCCn1c(CO)nnc1SC(C)c1cn(-c2ccccc2)nn1. The fraction of sp³-hybridized carbons (Fsp3) is 0.375. The van der Waals surface area contributed by atoms with Gasteiger partial charge >= 0.3 is 0 Å². The zero-order valence-corrected chi connectivity index (χ0v) is 14.5. The third kappa shape index (κ3) is 3.49. The molecule has 0 fully saturated rings. The molecule has 0 aliphatic heterocycles. The largest absolute Gasteiger partial charge is 0.388 e. The Bertz CT molecular complexity index is 785. The maximum absolute atomic E-state index is 9.38. The number of nitrogens with zero attached hydrogens (tertiary/aromatic N) is 6. The van der Waals surface area contributed by atoms with Crippen LogP contribution in [0.1, 0.15) is 37.0 Å². The number of hydrogen-bond donors (Lipinski definition) is 1. The van der Waals surface area contributed by atoms with Crippen molar-refractivity contribution in [3.05, 3.63) is 48.0 Å². The molecule has 24 heavy (non-hydrogen) atoms. The fourth-order valence-electron chi connectivity index (χ4n) is 2.36. The lowest BCUT2D eigenvalue weighted by Gasteiger charge is -2.10. The molecule has 1 N–H and O–H groups in total. The minimum atomic E-state index is -0.105. The molecule has 2 heterocycles. The minimum Gasteiger partial charge on any atom is -0.388 e. The molecular weight excluding hydrogens is 324 g/mol. The second-order valence-electron chi connectivity index (χ2n) is 5.39. The van der Waals surface area contributed by atoms with E-state index in [1.165, 1.54) is 0 Å². The average Bonchev–Trinajstić information content (AvgIpc) is 3.24. The second-order valence-corrected chi connectivity index (χ2v) is 6.70. The van der Waals surface area contributed by atoms with Crippen molar-refractivity contribution in [2.45, 2.75) is 43.8 Å². The minimum absolute atomic E-state index is 0.0776. The summed E-state index contributed by atoms with van der Waals surface area (Å²) in [6.45, 7) is 4.83. The van der Waals surface area contributed by atoms with E-state index in [0.717, 1.165) is 29.5 Å². The van der Waals surface area contributed by atoms with Crippen molar-refractivity contribution in [1.29, 1.82) is 0 Å². The predicted octanol–water partition coefficient (Wildman–Crippen LogP) is 2.61. The summed E-state index contributed by atoms with van der Waals surface area (Å²) in [7, 11) is 0. The third-order valence-corrected chi connectivity index (χ3v) is 4.72. The van der Waals surface area contributed by atoms with Gasteiger partial charge in [0.05, 0.1) is 22.8 Å². The first-order chi connectivity index (χ1) is 11.7. The Morgan fingerprint density at radius 1 is 1.17 bits per heavy atom. The highest BCUT2D eigenvalue weighted by molar-refractivity contribution is 7.99. The van der Waals surface area contributed by atoms with E-state index in [4.69, 9.17) is 0 Å². The first-order valence-corrected chi connectivity index (χ1v) is 8.78. The predicted molar refractivity (Wildman–Crippen MR) is 91.9 cm³/mol. The topological polar surface area (TPSA) is 81.6 Å². The number of aliphatic hydroxyl groups excluding tert-OH is 1. The zero-order chi connectivity index (χ0) is 16.9. The lowest BCUT2D eigenvalue weighted by molar-refractivity contribution is 0.263. The molecule has 0 radical (unpaired) electrons. The Hall–Kier alpha value is -2.19. The van der Waals surface area contributed by atoms with E-state index < -0.39 is 0 Å². The smallest absolute Gasteiger partial charge is 0.191 e. The Morgan fingerprint density at radius 2 is 1.96 bits per heavy atom. The molecule has 0 saturated heterocycles. The molecule has 3 aromatic rings. The normalized spacial score (nSPS) is 12.5. The molecule has 0 aliphatic carbocycles. The first-order valence-electron chi connectivity index (χ1n) is 7.90. The van der Waals surface area contributed by atoms with Crippen LogP contribution < -0.4 is 0 Å². The van der Waals surface area contributed by atoms with Crippen molar-refractivity contribution < 1.29 is 5.11 Å². The summed E-state index contributed by atoms with van der Waals surface area (Å²) in [4.78, 5) is 0. The number of aromatic nitrogens is 6. The number of para-hydroxylation sites is 1. The van der Waals surface area contributed by atoms with Crippen LogP contribution >= 0.6 is 11.8 Å². The number of thioether (sulfide) groups is 1. The molecule has 0 spiro atoms. The van der Waals surface area contributed by atoms with Crippen LogP contribution in [-0.2, 0) is 13.2 Å². The molecular formula is C16H20N6OS. The van der Waals surface area contributed by atoms with Crippen LogP contribution in [-0.4, -0.2) is 34.9 Å². The van der Waals surface area contributed by atoms with Crippen LogP contribution in [0.15, 0.2) is 41.7 Å². The summed E-state index contributed by atoms with van der Waals surface area (Å²) in [5.41, 5.74) is 1.85. The van der Waals surface area contributed by atoms with Crippen LogP contribution in [0.2, 0.25) is 0 Å². The molecule has 0 bridgehead atoms. The van der Waals surface area contributed by atoms with E-state index in [1.807, 2.05) is 41.1 Å². The van der Waals surface area contributed by atoms with E-state index in [1.54, 1.807) is 16.4 Å². The van der Waals surface area contributed by atoms with E-state index in [9.17, 15) is 5.11 Å². The van der Waals surface area contributed by atoms with Crippen molar-refractivity contribution in [3.8, 4) is 5.69 Å². The van der Waals surface area contributed by atoms with Gasteiger partial charge in [0.15, 0.2) is 11.0 Å².